The molecule has 1 aliphatic rings. The molecule has 0 saturated carbocycles. The molecule has 1 rings (SSSR count). The summed E-state index contributed by atoms with van der Waals surface area (Å²) in [4.78, 5) is 24.9. The van der Waals surface area contributed by atoms with Crippen LogP contribution in [-0.2, 0) is 14.3 Å². The number of Topliss-reactive ketones (excluding diaryl/α,β-unsaturated/α-hetero) is 1. The maximum absolute atomic E-state index is 11.9. The SMILES string of the molecule is C#CC(=O)C1(C)CN(C(=O)OC(C)(C)C)CCO1. The van der Waals surface area contributed by atoms with Crippen molar-refractivity contribution in [2.75, 3.05) is 19.7 Å². The molecule has 0 bridgehead atoms. The van der Waals surface area contributed by atoms with E-state index in [2.05, 4.69) is 0 Å². The molecule has 0 aliphatic carbocycles. The van der Waals surface area contributed by atoms with E-state index >= 15 is 0 Å². The number of amides is 1. The third-order valence-electron chi connectivity index (χ3n) is 2.54. The smallest absolute Gasteiger partial charge is 0.410 e. The second kappa shape index (κ2) is 4.99. The summed E-state index contributed by atoms with van der Waals surface area (Å²) in [5.74, 6) is 1.58. The summed E-state index contributed by atoms with van der Waals surface area (Å²) in [5, 5.41) is 0. The number of ketones is 1. The Morgan fingerprint density at radius 2 is 2.06 bits per heavy atom. The highest BCUT2D eigenvalue weighted by Gasteiger charge is 2.40. The van der Waals surface area contributed by atoms with Gasteiger partial charge >= 0.3 is 6.09 Å². The van der Waals surface area contributed by atoms with Gasteiger partial charge in [0.1, 0.15) is 5.60 Å². The molecule has 1 unspecified atom stereocenters. The van der Waals surface area contributed by atoms with Crippen LogP contribution in [0.25, 0.3) is 0 Å². The maximum Gasteiger partial charge on any atom is 0.410 e. The van der Waals surface area contributed by atoms with Gasteiger partial charge in [-0.25, -0.2) is 4.79 Å². The highest BCUT2D eigenvalue weighted by atomic mass is 16.6. The van der Waals surface area contributed by atoms with Crippen LogP contribution >= 0.6 is 0 Å². The lowest BCUT2D eigenvalue weighted by Crippen LogP contribution is -2.56. The zero-order chi connectivity index (χ0) is 14.0. The zero-order valence-corrected chi connectivity index (χ0v) is 11.3. The molecule has 0 aromatic heterocycles. The van der Waals surface area contributed by atoms with Crippen molar-refractivity contribution >= 4 is 11.9 Å². The fraction of sp³-hybridized carbons (Fsp3) is 0.692. The Bertz CT molecular complexity index is 391. The number of carbonyl (C=O) groups excluding carboxylic acids is 2. The van der Waals surface area contributed by atoms with Gasteiger partial charge in [-0.15, -0.1) is 6.42 Å². The van der Waals surface area contributed by atoms with Crippen LogP contribution in [0.5, 0.6) is 0 Å². The fourth-order valence-corrected chi connectivity index (χ4v) is 1.64. The van der Waals surface area contributed by atoms with E-state index in [1.54, 1.807) is 27.7 Å². The lowest BCUT2D eigenvalue weighted by atomic mass is 9.99. The molecule has 1 aliphatic heterocycles. The number of hydrogen-bond donors (Lipinski definition) is 0. The van der Waals surface area contributed by atoms with Gasteiger partial charge in [-0.1, -0.05) is 0 Å². The lowest BCUT2D eigenvalue weighted by Gasteiger charge is -2.38. The number of terminal acetylenes is 1. The van der Waals surface area contributed by atoms with E-state index in [1.165, 1.54) is 4.90 Å². The summed E-state index contributed by atoms with van der Waals surface area (Å²) < 4.78 is 10.6. The van der Waals surface area contributed by atoms with Crippen LogP contribution in [0, 0.1) is 12.3 Å². The standard InChI is InChI=1S/C13H19NO4/c1-6-10(15)13(5)9-14(7-8-17-13)11(16)18-12(2,3)4/h1H,7-9H2,2-5H3. The Kier molecular flexibility index (Phi) is 4.02. The molecule has 1 fully saturated rings. The Morgan fingerprint density at radius 1 is 1.44 bits per heavy atom. The predicted octanol–water partition coefficient (Wildman–Crippen LogP) is 1.21. The van der Waals surface area contributed by atoms with Gasteiger partial charge in [0.2, 0.25) is 5.78 Å². The Hall–Kier alpha value is -1.54. The molecular formula is C13H19NO4. The van der Waals surface area contributed by atoms with Crippen molar-refractivity contribution in [3.8, 4) is 12.3 Å². The maximum atomic E-state index is 11.9. The van der Waals surface area contributed by atoms with E-state index in [0.29, 0.717) is 6.54 Å². The first-order chi connectivity index (χ1) is 8.18. The summed E-state index contributed by atoms with van der Waals surface area (Å²) in [6, 6.07) is 0. The van der Waals surface area contributed by atoms with Crippen LogP contribution < -0.4 is 0 Å². The molecule has 0 aromatic rings. The van der Waals surface area contributed by atoms with Crippen LogP contribution in [0.15, 0.2) is 0 Å². The number of morpholine rings is 1. The van der Waals surface area contributed by atoms with Gasteiger partial charge in [-0.2, -0.15) is 0 Å². The van der Waals surface area contributed by atoms with Crippen molar-refractivity contribution < 1.29 is 19.1 Å². The highest BCUT2D eigenvalue weighted by molar-refractivity contribution is 6.01. The molecular weight excluding hydrogens is 234 g/mol. The average molecular weight is 253 g/mol. The van der Waals surface area contributed by atoms with E-state index in [1.807, 2.05) is 5.92 Å². The molecule has 1 atom stereocenters. The van der Waals surface area contributed by atoms with Crippen molar-refractivity contribution in [3.05, 3.63) is 0 Å². The van der Waals surface area contributed by atoms with E-state index in [4.69, 9.17) is 15.9 Å². The van der Waals surface area contributed by atoms with Crippen molar-refractivity contribution in [1.82, 2.24) is 4.90 Å². The lowest BCUT2D eigenvalue weighted by molar-refractivity contribution is -0.146. The summed E-state index contributed by atoms with van der Waals surface area (Å²) in [6.45, 7) is 7.73. The number of ether oxygens (including phenoxy) is 2. The monoisotopic (exact) mass is 253 g/mol. The zero-order valence-electron chi connectivity index (χ0n) is 11.3. The first-order valence-electron chi connectivity index (χ1n) is 5.81. The number of hydrogen-bond acceptors (Lipinski definition) is 4. The van der Waals surface area contributed by atoms with Crippen LogP contribution in [-0.4, -0.2) is 47.7 Å². The Balaban J connectivity index is 2.73. The molecule has 100 valence electrons. The normalized spacial score (nSPS) is 24.3. The van der Waals surface area contributed by atoms with E-state index in [0.717, 1.165) is 0 Å². The fourth-order valence-electron chi connectivity index (χ4n) is 1.64. The minimum absolute atomic E-state index is 0.116. The molecule has 18 heavy (non-hydrogen) atoms. The van der Waals surface area contributed by atoms with Gasteiger partial charge in [0.25, 0.3) is 0 Å². The molecule has 1 saturated heterocycles. The number of carbonyl (C=O) groups is 2. The summed E-state index contributed by atoms with van der Waals surface area (Å²) >= 11 is 0. The largest absolute Gasteiger partial charge is 0.444 e. The van der Waals surface area contributed by atoms with Crippen LogP contribution in [0.2, 0.25) is 0 Å². The molecule has 1 amide bonds. The van der Waals surface area contributed by atoms with E-state index in [9.17, 15) is 9.59 Å². The van der Waals surface area contributed by atoms with Crippen LogP contribution in [0.4, 0.5) is 4.79 Å². The first-order valence-corrected chi connectivity index (χ1v) is 5.81. The van der Waals surface area contributed by atoms with Gasteiger partial charge in [-0.05, 0) is 33.6 Å². The van der Waals surface area contributed by atoms with E-state index < -0.39 is 23.1 Å². The van der Waals surface area contributed by atoms with Gasteiger partial charge in [0, 0.05) is 6.54 Å². The van der Waals surface area contributed by atoms with Gasteiger partial charge < -0.3 is 14.4 Å². The second-order valence-electron chi connectivity index (χ2n) is 5.45. The Labute approximate surface area is 107 Å². The summed E-state index contributed by atoms with van der Waals surface area (Å²) in [5.41, 5.74) is -1.70. The highest BCUT2D eigenvalue weighted by Crippen LogP contribution is 2.20. The summed E-state index contributed by atoms with van der Waals surface area (Å²) in [6.07, 6.45) is 4.64. The molecule has 1 heterocycles. The average Bonchev–Trinajstić information content (AvgIpc) is 2.25. The molecule has 0 radical (unpaired) electrons. The Morgan fingerprint density at radius 3 is 2.56 bits per heavy atom. The minimum atomic E-state index is -1.14. The third-order valence-corrected chi connectivity index (χ3v) is 2.54. The molecule has 0 N–H and O–H groups in total. The van der Waals surface area contributed by atoms with Crippen LogP contribution in [0.3, 0.4) is 0 Å². The third kappa shape index (κ3) is 3.47. The number of rotatable bonds is 1. The van der Waals surface area contributed by atoms with Crippen molar-refractivity contribution in [2.24, 2.45) is 0 Å². The van der Waals surface area contributed by atoms with Crippen molar-refractivity contribution in [1.29, 1.82) is 0 Å². The summed E-state index contributed by atoms with van der Waals surface area (Å²) in [7, 11) is 0. The van der Waals surface area contributed by atoms with Gasteiger partial charge in [0.15, 0.2) is 5.60 Å². The van der Waals surface area contributed by atoms with Crippen molar-refractivity contribution in [2.45, 2.75) is 38.9 Å². The van der Waals surface area contributed by atoms with E-state index in [-0.39, 0.29) is 13.2 Å². The topological polar surface area (TPSA) is 55.8 Å². The molecule has 0 aromatic carbocycles. The minimum Gasteiger partial charge on any atom is -0.444 e. The van der Waals surface area contributed by atoms with Gasteiger partial charge in [-0.3, -0.25) is 4.79 Å². The van der Waals surface area contributed by atoms with Gasteiger partial charge in [0.05, 0.1) is 13.2 Å². The molecule has 5 heteroatoms. The molecule has 0 spiro atoms. The van der Waals surface area contributed by atoms with Crippen LogP contribution in [0.1, 0.15) is 27.7 Å². The predicted molar refractivity (Wildman–Crippen MR) is 66.0 cm³/mol. The second-order valence-corrected chi connectivity index (χ2v) is 5.45. The first kappa shape index (κ1) is 14.5. The number of nitrogens with zero attached hydrogens (tertiary/aromatic N) is 1. The molecule has 5 nitrogen and oxygen atoms in total. The van der Waals surface area contributed by atoms with Crippen molar-refractivity contribution in [3.63, 3.8) is 0 Å². The quantitative estimate of drug-likeness (QED) is 0.521.